The van der Waals surface area contributed by atoms with Crippen molar-refractivity contribution in [2.24, 2.45) is 11.7 Å². The van der Waals surface area contributed by atoms with Crippen LogP contribution in [0.2, 0.25) is 5.02 Å². The quantitative estimate of drug-likeness (QED) is 0.518. The fourth-order valence-electron chi connectivity index (χ4n) is 4.42. The summed E-state index contributed by atoms with van der Waals surface area (Å²) in [7, 11) is 0. The number of rotatable bonds is 8. The zero-order valence-electron chi connectivity index (χ0n) is 20.7. The Hall–Kier alpha value is -2.90. The van der Waals surface area contributed by atoms with E-state index in [4.69, 9.17) is 17.3 Å². The summed E-state index contributed by atoms with van der Waals surface area (Å²) in [6.07, 6.45) is 0.479. The Morgan fingerprint density at radius 2 is 1.60 bits per heavy atom. The molecule has 7 nitrogen and oxygen atoms in total. The number of nitrogens with two attached hydrogens (primary N) is 1. The van der Waals surface area contributed by atoms with Crippen LogP contribution in [0.25, 0.3) is 0 Å². The molecule has 0 aromatic heterocycles. The van der Waals surface area contributed by atoms with Gasteiger partial charge in [-0.25, -0.2) is 0 Å². The fourth-order valence-corrected chi connectivity index (χ4v) is 4.54. The number of halogens is 1. The number of carbonyl (C=O) groups excluding carboxylic acids is 3. The average molecular weight is 499 g/mol. The molecule has 188 valence electrons. The van der Waals surface area contributed by atoms with E-state index in [0.29, 0.717) is 18.0 Å². The second-order valence-electron chi connectivity index (χ2n) is 9.65. The maximum atomic E-state index is 13.7. The molecule has 1 fully saturated rings. The van der Waals surface area contributed by atoms with Gasteiger partial charge in [0, 0.05) is 17.5 Å². The molecule has 1 aliphatic heterocycles. The van der Waals surface area contributed by atoms with Crippen LogP contribution in [-0.4, -0.2) is 47.3 Å². The van der Waals surface area contributed by atoms with Crippen LogP contribution in [0.4, 0.5) is 0 Å². The van der Waals surface area contributed by atoms with Crippen LogP contribution in [0.1, 0.15) is 57.2 Å². The van der Waals surface area contributed by atoms with E-state index in [1.165, 1.54) is 0 Å². The molecule has 3 amide bonds. The first-order valence-corrected chi connectivity index (χ1v) is 12.4. The number of carbonyl (C=O) groups is 3. The highest BCUT2D eigenvalue weighted by Crippen LogP contribution is 2.34. The first-order valence-electron chi connectivity index (χ1n) is 12.1. The minimum Gasteiger partial charge on any atom is -0.348 e. The summed E-state index contributed by atoms with van der Waals surface area (Å²) in [5.74, 6) is -1.10. The minimum absolute atomic E-state index is 0.0315. The van der Waals surface area contributed by atoms with Crippen LogP contribution in [-0.2, 0) is 14.4 Å². The number of nitrogens with one attached hydrogen (secondary N) is 2. The molecular weight excluding hydrogens is 464 g/mol. The van der Waals surface area contributed by atoms with Crippen molar-refractivity contribution in [3.63, 3.8) is 0 Å². The van der Waals surface area contributed by atoms with Gasteiger partial charge in [0.05, 0.1) is 12.1 Å². The summed E-state index contributed by atoms with van der Waals surface area (Å²) in [5.41, 5.74) is 7.72. The molecule has 1 unspecified atom stereocenters. The third-order valence-electron chi connectivity index (χ3n) is 6.53. The van der Waals surface area contributed by atoms with Crippen molar-refractivity contribution in [3.8, 4) is 0 Å². The van der Waals surface area contributed by atoms with Crippen LogP contribution in [0.5, 0.6) is 0 Å². The Morgan fingerprint density at radius 1 is 0.971 bits per heavy atom. The van der Waals surface area contributed by atoms with Gasteiger partial charge >= 0.3 is 0 Å². The van der Waals surface area contributed by atoms with E-state index in [2.05, 4.69) is 10.6 Å². The van der Waals surface area contributed by atoms with Gasteiger partial charge in [-0.3, -0.25) is 14.4 Å². The molecule has 2 aromatic rings. The van der Waals surface area contributed by atoms with E-state index >= 15 is 0 Å². The van der Waals surface area contributed by atoms with Crippen molar-refractivity contribution in [2.75, 3.05) is 6.54 Å². The minimum atomic E-state index is -0.778. The highest BCUT2D eigenvalue weighted by Gasteiger charge is 2.43. The predicted octanol–water partition coefficient (Wildman–Crippen LogP) is 3.39. The Morgan fingerprint density at radius 3 is 2.17 bits per heavy atom. The van der Waals surface area contributed by atoms with Gasteiger partial charge in [0.1, 0.15) is 12.1 Å². The molecule has 0 aliphatic carbocycles. The van der Waals surface area contributed by atoms with Crippen LogP contribution >= 0.6 is 11.6 Å². The summed E-state index contributed by atoms with van der Waals surface area (Å²) >= 11 is 6.06. The van der Waals surface area contributed by atoms with Crippen LogP contribution in [0.15, 0.2) is 54.6 Å². The van der Waals surface area contributed by atoms with E-state index < -0.39 is 24.0 Å². The standard InChI is InChI=1S/C27H35ClN4O3/c1-16(2)24(31-25(33)17(3)29)27(35)32-15-21(20-10-12-22(28)13-11-20)14-23(32)26(34)30-18(4)19-8-6-5-7-9-19/h5-13,16-18,21,23-24H,14-15,29H2,1-4H3,(H,30,34)(H,31,33)/t17-,18?,21-,23+,24-/m0/s1. The molecule has 0 bridgehead atoms. The molecule has 2 aromatic carbocycles. The Labute approximate surface area is 212 Å². The highest BCUT2D eigenvalue weighted by molar-refractivity contribution is 6.30. The molecule has 1 saturated heterocycles. The molecule has 8 heteroatoms. The lowest BCUT2D eigenvalue weighted by Crippen LogP contribution is -2.57. The van der Waals surface area contributed by atoms with Crippen molar-refractivity contribution in [1.29, 1.82) is 0 Å². The summed E-state index contributed by atoms with van der Waals surface area (Å²) in [5, 5.41) is 6.48. The molecule has 0 radical (unpaired) electrons. The van der Waals surface area contributed by atoms with Gasteiger partial charge in [-0.15, -0.1) is 0 Å². The van der Waals surface area contributed by atoms with Crippen molar-refractivity contribution in [3.05, 3.63) is 70.7 Å². The van der Waals surface area contributed by atoms with Crippen molar-refractivity contribution in [1.82, 2.24) is 15.5 Å². The molecule has 4 N–H and O–H groups in total. The Kier molecular flexibility index (Phi) is 8.92. The van der Waals surface area contributed by atoms with Crippen molar-refractivity contribution < 1.29 is 14.4 Å². The Balaban J connectivity index is 1.86. The maximum Gasteiger partial charge on any atom is 0.246 e. The van der Waals surface area contributed by atoms with Crippen molar-refractivity contribution in [2.45, 2.75) is 64.2 Å². The first-order chi connectivity index (χ1) is 16.6. The largest absolute Gasteiger partial charge is 0.348 e. The SMILES string of the molecule is CC(NC(=O)[C@H]1C[C@H](c2ccc(Cl)cc2)CN1C(=O)[C@@H](NC(=O)[C@H](C)N)C(C)C)c1ccccc1. The molecule has 1 heterocycles. The third kappa shape index (κ3) is 6.61. The van der Waals surface area contributed by atoms with Crippen LogP contribution < -0.4 is 16.4 Å². The molecule has 1 aliphatic rings. The van der Waals surface area contributed by atoms with Gasteiger partial charge in [0.25, 0.3) is 0 Å². The molecule has 5 atom stereocenters. The summed E-state index contributed by atoms with van der Waals surface area (Å²) in [4.78, 5) is 41.1. The smallest absolute Gasteiger partial charge is 0.246 e. The fraction of sp³-hybridized carbons (Fsp3) is 0.444. The molecule has 0 saturated carbocycles. The van der Waals surface area contributed by atoms with Crippen molar-refractivity contribution >= 4 is 29.3 Å². The topological polar surface area (TPSA) is 105 Å². The van der Waals surface area contributed by atoms with E-state index in [1.807, 2.05) is 75.4 Å². The molecule has 3 rings (SSSR count). The summed E-state index contributed by atoms with van der Waals surface area (Å²) in [6.45, 7) is 7.60. The number of benzene rings is 2. The number of amides is 3. The number of likely N-dealkylation sites (tertiary alicyclic amines) is 1. The lowest BCUT2D eigenvalue weighted by atomic mass is 9.96. The summed E-state index contributed by atoms with van der Waals surface area (Å²) < 4.78 is 0. The van der Waals surface area contributed by atoms with Gasteiger partial charge in [0.15, 0.2) is 0 Å². The monoisotopic (exact) mass is 498 g/mol. The van der Waals surface area contributed by atoms with E-state index in [-0.39, 0.29) is 29.7 Å². The maximum absolute atomic E-state index is 13.7. The lowest BCUT2D eigenvalue weighted by molar-refractivity contribution is -0.142. The van der Waals surface area contributed by atoms with Gasteiger partial charge in [-0.05, 0) is 49.4 Å². The first kappa shape index (κ1) is 26.7. The number of nitrogens with zero attached hydrogens (tertiary/aromatic N) is 1. The van der Waals surface area contributed by atoms with Gasteiger partial charge < -0.3 is 21.3 Å². The zero-order valence-corrected chi connectivity index (χ0v) is 21.5. The summed E-state index contributed by atoms with van der Waals surface area (Å²) in [6, 6.07) is 14.8. The second kappa shape index (κ2) is 11.7. The van der Waals surface area contributed by atoms with E-state index in [9.17, 15) is 14.4 Å². The number of hydrogen-bond acceptors (Lipinski definition) is 4. The van der Waals surface area contributed by atoms with E-state index in [0.717, 1.165) is 11.1 Å². The number of hydrogen-bond donors (Lipinski definition) is 3. The normalized spacial score (nSPS) is 20.3. The second-order valence-corrected chi connectivity index (χ2v) is 10.1. The third-order valence-corrected chi connectivity index (χ3v) is 6.78. The molecule has 35 heavy (non-hydrogen) atoms. The van der Waals surface area contributed by atoms with Crippen LogP contribution in [0.3, 0.4) is 0 Å². The van der Waals surface area contributed by atoms with Gasteiger partial charge in [-0.1, -0.05) is 67.9 Å². The average Bonchev–Trinajstić information content (AvgIpc) is 3.28. The van der Waals surface area contributed by atoms with Gasteiger partial charge in [-0.2, -0.15) is 0 Å². The molecule has 0 spiro atoms. The van der Waals surface area contributed by atoms with Crippen LogP contribution in [0, 0.1) is 5.92 Å². The molecular formula is C27H35ClN4O3. The zero-order chi connectivity index (χ0) is 25.7. The van der Waals surface area contributed by atoms with Gasteiger partial charge in [0.2, 0.25) is 17.7 Å². The lowest BCUT2D eigenvalue weighted by Gasteiger charge is -2.31. The Bertz CT molecular complexity index is 1030. The van der Waals surface area contributed by atoms with E-state index in [1.54, 1.807) is 11.8 Å². The predicted molar refractivity (Wildman–Crippen MR) is 138 cm³/mol. The highest BCUT2D eigenvalue weighted by atomic mass is 35.5.